The molecule has 0 saturated heterocycles. The van der Waals surface area contributed by atoms with Crippen molar-refractivity contribution in [2.24, 2.45) is 5.73 Å². The summed E-state index contributed by atoms with van der Waals surface area (Å²) >= 11 is 0. The van der Waals surface area contributed by atoms with Crippen LogP contribution >= 0.6 is 0 Å². The van der Waals surface area contributed by atoms with Crippen LogP contribution in [-0.2, 0) is 6.42 Å². The summed E-state index contributed by atoms with van der Waals surface area (Å²) < 4.78 is 0. The molecule has 0 atom stereocenters. The number of hydrogen-bond acceptors (Lipinski definition) is 2. The molecule has 12 heavy (non-hydrogen) atoms. The van der Waals surface area contributed by atoms with E-state index in [0.717, 1.165) is 11.1 Å². The van der Waals surface area contributed by atoms with Gasteiger partial charge in [0, 0.05) is 6.54 Å². The van der Waals surface area contributed by atoms with Gasteiger partial charge in [-0.25, -0.2) is 0 Å². The molecule has 0 heterocycles. The van der Waals surface area contributed by atoms with Crippen molar-refractivity contribution < 1.29 is 5.11 Å². The number of nitrogens with two attached hydrogens (primary N) is 1. The lowest BCUT2D eigenvalue weighted by Crippen LogP contribution is -2.04. The number of benzene rings is 1. The highest BCUT2D eigenvalue weighted by Crippen LogP contribution is 2.17. The summed E-state index contributed by atoms with van der Waals surface area (Å²) in [6.45, 7) is 4.24. The molecule has 3 N–H and O–H groups in total. The third-order valence-electron chi connectivity index (χ3n) is 1.72. The van der Waals surface area contributed by atoms with Crippen LogP contribution in [0.25, 0.3) is 0 Å². The Labute approximate surface area is 72.3 Å². The first-order chi connectivity index (χ1) is 5.74. The molecule has 2 nitrogen and oxygen atoms in total. The second-order valence-corrected chi connectivity index (χ2v) is 2.76. The molecular weight excluding hydrogens is 150 g/mol. The van der Waals surface area contributed by atoms with E-state index in [1.54, 1.807) is 12.1 Å². The Kier molecular flexibility index (Phi) is 2.88. The van der Waals surface area contributed by atoms with Crippen LogP contribution in [-0.4, -0.2) is 11.7 Å². The van der Waals surface area contributed by atoms with Crippen LogP contribution in [0.3, 0.4) is 0 Å². The monoisotopic (exact) mass is 163 g/mol. The highest BCUT2D eigenvalue weighted by atomic mass is 16.3. The number of para-hydroxylation sites is 1. The van der Waals surface area contributed by atoms with E-state index < -0.39 is 0 Å². The van der Waals surface area contributed by atoms with Crippen LogP contribution in [0.15, 0.2) is 36.4 Å². The number of aromatic hydroxyl groups is 1. The van der Waals surface area contributed by atoms with Crippen LogP contribution in [0, 0.1) is 0 Å². The van der Waals surface area contributed by atoms with Gasteiger partial charge in [0.2, 0.25) is 0 Å². The van der Waals surface area contributed by atoms with Gasteiger partial charge in [-0.2, -0.15) is 0 Å². The van der Waals surface area contributed by atoms with E-state index in [-0.39, 0.29) is 0 Å². The largest absolute Gasteiger partial charge is 0.508 e. The molecule has 0 unspecified atom stereocenters. The molecule has 1 aromatic carbocycles. The van der Waals surface area contributed by atoms with Crippen molar-refractivity contribution in [3.8, 4) is 5.75 Å². The van der Waals surface area contributed by atoms with E-state index in [2.05, 4.69) is 6.58 Å². The van der Waals surface area contributed by atoms with Gasteiger partial charge in [0.25, 0.3) is 0 Å². The van der Waals surface area contributed by atoms with Gasteiger partial charge in [-0.1, -0.05) is 30.4 Å². The Morgan fingerprint density at radius 2 is 2.08 bits per heavy atom. The lowest BCUT2D eigenvalue weighted by Gasteiger charge is -2.04. The second-order valence-electron chi connectivity index (χ2n) is 2.76. The van der Waals surface area contributed by atoms with Crippen molar-refractivity contribution in [3.05, 3.63) is 42.0 Å². The van der Waals surface area contributed by atoms with Gasteiger partial charge in [0.15, 0.2) is 0 Å². The molecule has 0 aliphatic rings. The van der Waals surface area contributed by atoms with Crippen LogP contribution in [0.5, 0.6) is 5.75 Å². The zero-order chi connectivity index (χ0) is 8.97. The molecule has 0 bridgehead atoms. The lowest BCUT2D eigenvalue weighted by atomic mass is 10.1. The third kappa shape index (κ3) is 2.10. The summed E-state index contributed by atoms with van der Waals surface area (Å²) in [5.74, 6) is 0.312. The summed E-state index contributed by atoms with van der Waals surface area (Å²) in [5, 5.41) is 9.37. The minimum Gasteiger partial charge on any atom is -0.508 e. The number of phenolic OH excluding ortho intramolecular Hbond substituents is 1. The molecule has 0 aromatic heterocycles. The molecule has 64 valence electrons. The van der Waals surface area contributed by atoms with Crippen molar-refractivity contribution in [1.82, 2.24) is 0 Å². The fraction of sp³-hybridized carbons (Fsp3) is 0.200. The molecule has 0 aliphatic carbocycles. The van der Waals surface area contributed by atoms with Gasteiger partial charge in [-0.3, -0.25) is 0 Å². The van der Waals surface area contributed by atoms with Crippen molar-refractivity contribution in [3.63, 3.8) is 0 Å². The Bertz CT molecular complexity index is 281. The van der Waals surface area contributed by atoms with Crippen LogP contribution < -0.4 is 5.73 Å². The van der Waals surface area contributed by atoms with E-state index in [0.29, 0.717) is 18.7 Å². The maximum Gasteiger partial charge on any atom is 0.119 e. The Balaban J connectivity index is 2.75. The van der Waals surface area contributed by atoms with E-state index in [9.17, 15) is 5.11 Å². The molecule has 2 heteroatoms. The molecular formula is C10H13NO. The third-order valence-corrected chi connectivity index (χ3v) is 1.72. The smallest absolute Gasteiger partial charge is 0.119 e. The van der Waals surface area contributed by atoms with Gasteiger partial charge in [0.05, 0.1) is 0 Å². The first-order valence-electron chi connectivity index (χ1n) is 3.87. The van der Waals surface area contributed by atoms with Gasteiger partial charge >= 0.3 is 0 Å². The first-order valence-corrected chi connectivity index (χ1v) is 3.87. The maximum atomic E-state index is 9.37. The topological polar surface area (TPSA) is 46.2 Å². The summed E-state index contributed by atoms with van der Waals surface area (Å²) in [7, 11) is 0. The zero-order valence-corrected chi connectivity index (χ0v) is 6.96. The van der Waals surface area contributed by atoms with Gasteiger partial charge < -0.3 is 10.8 Å². The predicted octanol–water partition coefficient (Wildman–Crippen LogP) is 1.45. The predicted molar refractivity (Wildman–Crippen MR) is 50.0 cm³/mol. The molecule has 1 rings (SSSR count). The fourth-order valence-corrected chi connectivity index (χ4v) is 1.00. The molecule has 0 amide bonds. The lowest BCUT2D eigenvalue weighted by molar-refractivity contribution is 0.469. The molecule has 1 aromatic rings. The van der Waals surface area contributed by atoms with Crippen molar-refractivity contribution in [2.45, 2.75) is 6.42 Å². The Hall–Kier alpha value is -1.28. The quantitative estimate of drug-likeness (QED) is 0.662. The minimum absolute atomic E-state index is 0.312. The van der Waals surface area contributed by atoms with Crippen molar-refractivity contribution >= 4 is 0 Å². The van der Waals surface area contributed by atoms with E-state index in [4.69, 9.17) is 5.73 Å². The summed E-state index contributed by atoms with van der Waals surface area (Å²) in [5.41, 5.74) is 7.20. The van der Waals surface area contributed by atoms with Crippen LogP contribution in [0.1, 0.15) is 5.56 Å². The molecule has 0 spiro atoms. The Morgan fingerprint density at radius 3 is 2.67 bits per heavy atom. The fourth-order valence-electron chi connectivity index (χ4n) is 1.00. The molecule has 0 fully saturated rings. The van der Waals surface area contributed by atoms with E-state index >= 15 is 0 Å². The van der Waals surface area contributed by atoms with Crippen molar-refractivity contribution in [1.29, 1.82) is 0 Å². The molecule has 0 aliphatic heterocycles. The minimum atomic E-state index is 0.312. The SMILES string of the molecule is C=C(CN)Cc1ccccc1O. The molecule has 0 saturated carbocycles. The second kappa shape index (κ2) is 3.93. The van der Waals surface area contributed by atoms with Gasteiger partial charge in [0.1, 0.15) is 5.75 Å². The average Bonchev–Trinajstić information content (AvgIpc) is 2.09. The summed E-state index contributed by atoms with van der Waals surface area (Å²) in [4.78, 5) is 0. The number of hydrogen-bond donors (Lipinski definition) is 2. The number of phenols is 1. The molecule has 0 radical (unpaired) electrons. The highest BCUT2D eigenvalue weighted by molar-refractivity contribution is 5.34. The summed E-state index contributed by atoms with van der Waals surface area (Å²) in [6.07, 6.45) is 0.656. The zero-order valence-electron chi connectivity index (χ0n) is 6.96. The van der Waals surface area contributed by atoms with Gasteiger partial charge in [-0.05, 0) is 18.1 Å². The Morgan fingerprint density at radius 1 is 1.42 bits per heavy atom. The van der Waals surface area contributed by atoms with Crippen LogP contribution in [0.2, 0.25) is 0 Å². The van der Waals surface area contributed by atoms with E-state index in [1.165, 1.54) is 0 Å². The van der Waals surface area contributed by atoms with Gasteiger partial charge in [-0.15, -0.1) is 0 Å². The van der Waals surface area contributed by atoms with Crippen molar-refractivity contribution in [2.75, 3.05) is 6.54 Å². The van der Waals surface area contributed by atoms with Crippen LogP contribution in [0.4, 0.5) is 0 Å². The first kappa shape index (κ1) is 8.81. The summed E-state index contributed by atoms with van der Waals surface area (Å²) in [6, 6.07) is 7.22. The normalized spacial score (nSPS) is 9.75. The number of rotatable bonds is 3. The van der Waals surface area contributed by atoms with E-state index in [1.807, 2.05) is 12.1 Å². The maximum absolute atomic E-state index is 9.37. The average molecular weight is 163 g/mol. The highest BCUT2D eigenvalue weighted by Gasteiger charge is 1.99. The standard InChI is InChI=1S/C10H13NO/c1-8(7-11)6-9-4-2-3-5-10(9)12/h2-5,12H,1,6-7,11H2.